The number of aromatic nitrogens is 2. The average molecular weight is 252 g/mol. The molecule has 0 bridgehead atoms. The molecule has 17 heavy (non-hydrogen) atoms. The third kappa shape index (κ3) is 3.26. The number of nitrogen functional groups attached to an aromatic ring is 1. The van der Waals surface area contributed by atoms with Crippen LogP contribution in [0.4, 0.5) is 17.6 Å². The number of halogens is 4. The summed E-state index contributed by atoms with van der Waals surface area (Å²) in [5.74, 6) is -5.28. The van der Waals surface area contributed by atoms with Gasteiger partial charge in [-0.25, -0.2) is 8.78 Å². The lowest BCUT2D eigenvalue weighted by atomic mass is 10.3. The minimum absolute atomic E-state index is 0.0925. The van der Waals surface area contributed by atoms with E-state index in [9.17, 15) is 17.6 Å². The molecule has 1 heterocycles. The highest BCUT2D eigenvalue weighted by molar-refractivity contribution is 5.96. The fourth-order valence-electron chi connectivity index (χ4n) is 0.858. The van der Waals surface area contributed by atoms with E-state index in [1.165, 1.54) is 6.07 Å². The third-order valence-corrected chi connectivity index (χ3v) is 1.70. The number of hydrogen-bond acceptors (Lipinski definition) is 4. The summed E-state index contributed by atoms with van der Waals surface area (Å²) in [5.41, 5.74) is 5.02. The van der Waals surface area contributed by atoms with Crippen molar-refractivity contribution in [1.29, 1.82) is 5.41 Å². The van der Waals surface area contributed by atoms with Gasteiger partial charge in [-0.1, -0.05) is 0 Å². The van der Waals surface area contributed by atoms with E-state index in [4.69, 9.17) is 11.1 Å². The molecule has 0 radical (unpaired) electrons. The molecule has 0 saturated carbocycles. The summed E-state index contributed by atoms with van der Waals surface area (Å²) in [6.45, 7) is -1.57. The number of nitrogens with two attached hydrogens (primary N) is 1. The second-order valence-corrected chi connectivity index (χ2v) is 3.01. The van der Waals surface area contributed by atoms with Crippen molar-refractivity contribution < 1.29 is 22.3 Å². The van der Waals surface area contributed by atoms with Crippen molar-refractivity contribution in [2.24, 2.45) is 5.73 Å². The maximum atomic E-state index is 12.6. The first-order valence-corrected chi connectivity index (χ1v) is 4.29. The van der Waals surface area contributed by atoms with Gasteiger partial charge in [-0.15, -0.1) is 5.10 Å². The first-order chi connectivity index (χ1) is 7.84. The fourth-order valence-corrected chi connectivity index (χ4v) is 0.858. The molecule has 0 aliphatic rings. The summed E-state index contributed by atoms with van der Waals surface area (Å²) < 4.78 is 53.2. The minimum atomic E-state index is -4.30. The van der Waals surface area contributed by atoms with Crippen molar-refractivity contribution in [3.63, 3.8) is 0 Å². The summed E-state index contributed by atoms with van der Waals surface area (Å²) in [6.07, 6.45) is -2.69. The van der Waals surface area contributed by atoms with Crippen molar-refractivity contribution in [2.75, 3.05) is 6.61 Å². The Kier molecular flexibility index (Phi) is 3.81. The van der Waals surface area contributed by atoms with Crippen LogP contribution in [0.2, 0.25) is 0 Å². The Hall–Kier alpha value is -1.93. The van der Waals surface area contributed by atoms with E-state index in [-0.39, 0.29) is 5.56 Å². The lowest BCUT2D eigenvalue weighted by Crippen LogP contribution is -2.34. The van der Waals surface area contributed by atoms with E-state index < -0.39 is 30.7 Å². The summed E-state index contributed by atoms with van der Waals surface area (Å²) in [6, 6.07) is 1.20. The predicted molar refractivity (Wildman–Crippen MR) is 49.5 cm³/mol. The van der Waals surface area contributed by atoms with Crippen LogP contribution in [0.5, 0.6) is 5.88 Å². The largest absolute Gasteiger partial charge is 0.469 e. The Balaban J connectivity index is 2.79. The molecule has 0 amide bonds. The molecule has 1 aromatic heterocycles. The molecule has 0 unspecified atom stereocenters. The second kappa shape index (κ2) is 4.93. The van der Waals surface area contributed by atoms with E-state index >= 15 is 0 Å². The van der Waals surface area contributed by atoms with Gasteiger partial charge in [0.15, 0.2) is 6.61 Å². The fraction of sp³-hybridized carbons (Fsp3) is 0.375. The molecule has 0 aromatic carbocycles. The SMILES string of the molecule is N=C(N)c1ccnnc1OCC(F)(F)C(F)F. The summed E-state index contributed by atoms with van der Waals surface area (Å²) in [4.78, 5) is 0. The van der Waals surface area contributed by atoms with Crippen LogP contribution in [-0.2, 0) is 0 Å². The topological polar surface area (TPSA) is 84.9 Å². The first-order valence-electron chi connectivity index (χ1n) is 4.29. The van der Waals surface area contributed by atoms with Crippen LogP contribution < -0.4 is 10.5 Å². The van der Waals surface area contributed by atoms with Gasteiger partial charge in [0.1, 0.15) is 5.84 Å². The van der Waals surface area contributed by atoms with Crippen LogP contribution in [0.15, 0.2) is 12.3 Å². The smallest absolute Gasteiger partial charge is 0.340 e. The molecule has 1 rings (SSSR count). The van der Waals surface area contributed by atoms with E-state index in [1.807, 2.05) is 0 Å². The van der Waals surface area contributed by atoms with E-state index in [2.05, 4.69) is 14.9 Å². The van der Waals surface area contributed by atoms with Crippen LogP contribution in [0.1, 0.15) is 5.56 Å². The number of hydrogen-bond donors (Lipinski definition) is 2. The van der Waals surface area contributed by atoms with Crippen molar-refractivity contribution >= 4 is 5.84 Å². The van der Waals surface area contributed by atoms with Gasteiger partial charge in [-0.05, 0) is 6.07 Å². The Morgan fingerprint density at radius 2 is 2.18 bits per heavy atom. The zero-order valence-electron chi connectivity index (χ0n) is 8.33. The first kappa shape index (κ1) is 13.1. The van der Waals surface area contributed by atoms with Crippen LogP contribution >= 0.6 is 0 Å². The van der Waals surface area contributed by atoms with Crippen molar-refractivity contribution in [1.82, 2.24) is 10.2 Å². The quantitative estimate of drug-likeness (QED) is 0.466. The number of ether oxygens (including phenoxy) is 1. The summed E-state index contributed by atoms with van der Waals surface area (Å²) in [7, 11) is 0. The van der Waals surface area contributed by atoms with E-state index in [1.54, 1.807) is 0 Å². The average Bonchev–Trinajstić information content (AvgIpc) is 2.26. The highest BCUT2D eigenvalue weighted by Crippen LogP contribution is 2.24. The molecular weight excluding hydrogens is 244 g/mol. The molecule has 0 atom stereocenters. The van der Waals surface area contributed by atoms with Gasteiger partial charge in [0.25, 0.3) is 0 Å². The van der Waals surface area contributed by atoms with Crippen molar-refractivity contribution in [3.05, 3.63) is 17.8 Å². The molecule has 9 heteroatoms. The number of nitrogens with one attached hydrogen (secondary N) is 1. The van der Waals surface area contributed by atoms with Crippen LogP contribution in [0.3, 0.4) is 0 Å². The molecule has 0 aliphatic carbocycles. The van der Waals surface area contributed by atoms with Gasteiger partial charge in [0.2, 0.25) is 5.88 Å². The van der Waals surface area contributed by atoms with Gasteiger partial charge in [0.05, 0.1) is 11.8 Å². The highest BCUT2D eigenvalue weighted by atomic mass is 19.3. The number of alkyl halides is 4. The predicted octanol–water partition coefficient (Wildman–Crippen LogP) is 1.04. The molecule has 0 aliphatic heterocycles. The maximum absolute atomic E-state index is 12.6. The summed E-state index contributed by atoms with van der Waals surface area (Å²) >= 11 is 0. The number of amidine groups is 1. The number of nitrogens with zero attached hydrogens (tertiary/aromatic N) is 2. The lowest BCUT2D eigenvalue weighted by Gasteiger charge is -2.16. The molecule has 1 aromatic rings. The zero-order valence-corrected chi connectivity index (χ0v) is 8.33. The molecule has 94 valence electrons. The lowest BCUT2D eigenvalue weighted by molar-refractivity contribution is -0.148. The Bertz CT molecular complexity index is 412. The molecule has 0 spiro atoms. The van der Waals surface area contributed by atoms with E-state index in [0.29, 0.717) is 0 Å². The van der Waals surface area contributed by atoms with Gasteiger partial charge < -0.3 is 10.5 Å². The highest BCUT2D eigenvalue weighted by Gasteiger charge is 2.42. The van der Waals surface area contributed by atoms with Crippen LogP contribution in [-0.4, -0.2) is 35.0 Å². The molecule has 0 fully saturated rings. The van der Waals surface area contributed by atoms with Crippen LogP contribution in [0.25, 0.3) is 0 Å². The van der Waals surface area contributed by atoms with Gasteiger partial charge in [0, 0.05) is 0 Å². The van der Waals surface area contributed by atoms with Crippen LogP contribution in [0, 0.1) is 5.41 Å². The summed E-state index contributed by atoms with van der Waals surface area (Å²) in [5, 5.41) is 13.7. The van der Waals surface area contributed by atoms with Gasteiger partial charge in [-0.3, -0.25) is 5.41 Å². The third-order valence-electron chi connectivity index (χ3n) is 1.70. The van der Waals surface area contributed by atoms with E-state index in [0.717, 1.165) is 6.20 Å². The van der Waals surface area contributed by atoms with Gasteiger partial charge >= 0.3 is 12.3 Å². The Morgan fingerprint density at radius 3 is 2.71 bits per heavy atom. The molecule has 5 nitrogen and oxygen atoms in total. The second-order valence-electron chi connectivity index (χ2n) is 3.01. The maximum Gasteiger partial charge on any atom is 0.340 e. The Labute approximate surface area is 93.1 Å². The van der Waals surface area contributed by atoms with Gasteiger partial charge in [-0.2, -0.15) is 13.9 Å². The Morgan fingerprint density at radius 1 is 1.53 bits per heavy atom. The minimum Gasteiger partial charge on any atom is -0.469 e. The normalized spacial score (nSPS) is 11.6. The number of rotatable bonds is 5. The molecule has 0 saturated heterocycles. The van der Waals surface area contributed by atoms with Crippen molar-refractivity contribution in [2.45, 2.75) is 12.3 Å². The zero-order chi connectivity index (χ0) is 13.1. The van der Waals surface area contributed by atoms with Crippen molar-refractivity contribution in [3.8, 4) is 5.88 Å². The molecule has 3 N–H and O–H groups in total. The molecular formula is C8H8F4N4O. The monoisotopic (exact) mass is 252 g/mol. The standard InChI is InChI=1S/C8H8F4N4O/c9-7(10)8(11,12)3-17-6-4(5(13)14)1-2-15-16-6/h1-2,7H,3H2,(H3,13,14).